The molecule has 3 rings (SSSR count). The van der Waals surface area contributed by atoms with Crippen LogP contribution in [0.2, 0.25) is 0 Å². The van der Waals surface area contributed by atoms with Gasteiger partial charge in [0, 0.05) is 43.2 Å². The fraction of sp³-hybridized carbons (Fsp3) is 0.118. The van der Waals surface area contributed by atoms with Gasteiger partial charge in [0.1, 0.15) is 12.1 Å². The number of rotatable bonds is 5. The van der Waals surface area contributed by atoms with Gasteiger partial charge in [0.2, 0.25) is 5.91 Å². The molecule has 0 atom stereocenters. The molecule has 0 unspecified atom stereocenters. The van der Waals surface area contributed by atoms with Gasteiger partial charge in [0.25, 0.3) is 0 Å². The van der Waals surface area contributed by atoms with Crippen molar-refractivity contribution in [3.8, 4) is 22.4 Å². The smallest absolute Gasteiger partial charge is 0.308 e. The quantitative estimate of drug-likeness (QED) is 0.670. The molecule has 4 N–H and O–H groups in total. The number of benzene rings is 1. The number of anilines is 1. The van der Waals surface area contributed by atoms with Crippen LogP contribution in [0.3, 0.4) is 0 Å². The number of nitrogens with two attached hydrogens (primary N) is 2. The number of aromatic nitrogens is 3. The molecule has 0 saturated carbocycles. The predicted molar refractivity (Wildman–Crippen MR) is 102 cm³/mol. The Morgan fingerprint density at radius 1 is 1.11 bits per heavy atom. The first-order chi connectivity index (χ1) is 12.7. The summed E-state index contributed by atoms with van der Waals surface area (Å²) in [6.45, 7) is 0. The summed E-state index contributed by atoms with van der Waals surface area (Å²) in [5, 5.41) is 0. The number of nitrogens with zero attached hydrogens (tertiary/aromatic N) is 4. The molecule has 9 nitrogen and oxygen atoms in total. The largest absolute Gasteiger partial charge is 0.383 e. The summed E-state index contributed by atoms with van der Waals surface area (Å²) in [6.07, 6.45) is 4.15. The number of nitrogen functional groups attached to an aromatic ring is 1. The molecule has 140 valence electrons. The summed E-state index contributed by atoms with van der Waals surface area (Å²) in [6, 6.07) is 8.39. The number of hydrogen-bond donors (Lipinski definition) is 2. The molecule has 3 aromatic rings. The lowest BCUT2D eigenvalue weighted by atomic mass is 10.0. The van der Waals surface area contributed by atoms with Gasteiger partial charge in [0.05, 0.1) is 5.69 Å². The molecule has 0 aliphatic carbocycles. The summed E-state index contributed by atoms with van der Waals surface area (Å²) < 4.78 is 26.5. The van der Waals surface area contributed by atoms with E-state index in [4.69, 9.17) is 11.5 Å². The summed E-state index contributed by atoms with van der Waals surface area (Å²) in [5.41, 5.74) is 14.0. The number of carbonyl (C=O) groups excluding carboxylic acids is 1. The van der Waals surface area contributed by atoms with E-state index in [1.165, 1.54) is 32.8 Å². The highest BCUT2D eigenvalue weighted by atomic mass is 32.2. The third-order valence-electron chi connectivity index (χ3n) is 3.98. The van der Waals surface area contributed by atoms with Crippen LogP contribution < -0.4 is 11.5 Å². The SMILES string of the molecule is CN(C)S(=O)(=O)n1cnc(-c2cnc(N)c(-c3ccc(C(N)=O)cc3)c2)c1. The molecule has 0 aliphatic heterocycles. The second kappa shape index (κ2) is 6.82. The Morgan fingerprint density at radius 2 is 1.78 bits per heavy atom. The highest BCUT2D eigenvalue weighted by Gasteiger charge is 2.18. The summed E-state index contributed by atoms with van der Waals surface area (Å²) in [5.74, 6) is -0.222. The van der Waals surface area contributed by atoms with E-state index in [2.05, 4.69) is 9.97 Å². The zero-order chi connectivity index (χ0) is 19.8. The third kappa shape index (κ3) is 3.52. The Labute approximate surface area is 156 Å². The van der Waals surface area contributed by atoms with Gasteiger partial charge in [-0.1, -0.05) is 12.1 Å². The van der Waals surface area contributed by atoms with E-state index in [1.807, 2.05) is 0 Å². The number of carbonyl (C=O) groups is 1. The molecular formula is C17H18N6O3S. The minimum atomic E-state index is -3.65. The molecule has 0 aliphatic rings. The average molecular weight is 386 g/mol. The maximum Gasteiger partial charge on any atom is 0.308 e. The van der Waals surface area contributed by atoms with Crippen molar-refractivity contribution in [2.45, 2.75) is 0 Å². The standard InChI is InChI=1S/C17H18N6O3S/c1-22(2)27(25,26)23-9-15(21-10-23)13-7-14(16(18)20-8-13)11-3-5-12(6-4-11)17(19)24/h3-10H,1-2H3,(H2,18,20)(H2,19,24). The summed E-state index contributed by atoms with van der Waals surface area (Å²) in [4.78, 5) is 19.5. The zero-order valence-corrected chi connectivity index (χ0v) is 15.5. The zero-order valence-electron chi connectivity index (χ0n) is 14.7. The van der Waals surface area contributed by atoms with Gasteiger partial charge >= 0.3 is 10.2 Å². The van der Waals surface area contributed by atoms with Crippen molar-refractivity contribution in [3.05, 3.63) is 54.6 Å². The van der Waals surface area contributed by atoms with Crippen LogP contribution in [-0.2, 0) is 10.2 Å². The minimum Gasteiger partial charge on any atom is -0.383 e. The number of imidazole rings is 1. The minimum absolute atomic E-state index is 0.297. The van der Waals surface area contributed by atoms with Gasteiger partial charge in [-0.3, -0.25) is 4.79 Å². The van der Waals surface area contributed by atoms with Crippen molar-refractivity contribution in [2.24, 2.45) is 5.73 Å². The van der Waals surface area contributed by atoms with Crippen LogP contribution in [0.4, 0.5) is 5.82 Å². The van der Waals surface area contributed by atoms with Crippen molar-refractivity contribution >= 4 is 21.9 Å². The van der Waals surface area contributed by atoms with E-state index in [0.29, 0.717) is 28.2 Å². The van der Waals surface area contributed by atoms with Crippen LogP contribution >= 0.6 is 0 Å². The van der Waals surface area contributed by atoms with Gasteiger partial charge in [-0.15, -0.1) is 0 Å². The molecule has 2 aromatic heterocycles. The molecule has 0 fully saturated rings. The number of primary amides is 1. The fourth-order valence-electron chi connectivity index (χ4n) is 2.43. The van der Waals surface area contributed by atoms with E-state index in [9.17, 15) is 13.2 Å². The normalized spacial score (nSPS) is 11.7. The van der Waals surface area contributed by atoms with Crippen molar-refractivity contribution in [1.82, 2.24) is 18.2 Å². The van der Waals surface area contributed by atoms with Crippen molar-refractivity contribution in [3.63, 3.8) is 0 Å². The predicted octanol–water partition coefficient (Wildman–Crippen LogP) is 0.948. The maximum atomic E-state index is 12.2. The lowest BCUT2D eigenvalue weighted by Crippen LogP contribution is -2.27. The summed E-state index contributed by atoms with van der Waals surface area (Å²) in [7, 11) is -0.773. The molecule has 10 heteroatoms. The van der Waals surface area contributed by atoms with Gasteiger partial charge in [-0.2, -0.15) is 12.7 Å². The van der Waals surface area contributed by atoms with Gasteiger partial charge < -0.3 is 11.5 Å². The number of amides is 1. The molecule has 0 radical (unpaired) electrons. The molecule has 0 spiro atoms. The van der Waals surface area contributed by atoms with Gasteiger partial charge in [-0.05, 0) is 23.8 Å². The highest BCUT2D eigenvalue weighted by molar-refractivity contribution is 7.87. The first-order valence-corrected chi connectivity index (χ1v) is 9.23. The Balaban J connectivity index is 2.01. The Morgan fingerprint density at radius 3 is 2.37 bits per heavy atom. The monoisotopic (exact) mass is 386 g/mol. The van der Waals surface area contributed by atoms with Crippen LogP contribution in [-0.4, -0.2) is 46.7 Å². The van der Waals surface area contributed by atoms with E-state index in [1.54, 1.807) is 30.3 Å². The van der Waals surface area contributed by atoms with Crippen LogP contribution in [0.25, 0.3) is 22.4 Å². The topological polar surface area (TPSA) is 137 Å². The highest BCUT2D eigenvalue weighted by Crippen LogP contribution is 2.29. The van der Waals surface area contributed by atoms with Crippen LogP contribution in [0.5, 0.6) is 0 Å². The lowest BCUT2D eigenvalue weighted by Gasteiger charge is -2.10. The Hall–Kier alpha value is -3.24. The lowest BCUT2D eigenvalue weighted by molar-refractivity contribution is 0.100. The number of hydrogen-bond acceptors (Lipinski definition) is 6. The van der Waals surface area contributed by atoms with Crippen LogP contribution in [0.15, 0.2) is 49.1 Å². The van der Waals surface area contributed by atoms with E-state index in [-0.39, 0.29) is 0 Å². The molecular weight excluding hydrogens is 368 g/mol. The third-order valence-corrected chi connectivity index (χ3v) is 5.64. The fourth-order valence-corrected chi connectivity index (χ4v) is 3.21. The molecule has 0 bridgehead atoms. The second-order valence-corrected chi connectivity index (χ2v) is 8.02. The van der Waals surface area contributed by atoms with E-state index >= 15 is 0 Å². The van der Waals surface area contributed by atoms with E-state index in [0.717, 1.165) is 13.8 Å². The Bertz CT molecular complexity index is 1100. The van der Waals surface area contributed by atoms with Gasteiger partial charge in [-0.25, -0.2) is 13.9 Å². The molecule has 2 heterocycles. The van der Waals surface area contributed by atoms with Crippen LogP contribution in [0.1, 0.15) is 10.4 Å². The Kier molecular flexibility index (Phi) is 4.68. The molecule has 1 amide bonds. The van der Waals surface area contributed by atoms with Crippen molar-refractivity contribution in [2.75, 3.05) is 19.8 Å². The number of pyridine rings is 1. The van der Waals surface area contributed by atoms with Gasteiger partial charge in [0.15, 0.2) is 0 Å². The first-order valence-electron chi connectivity index (χ1n) is 7.83. The summed E-state index contributed by atoms with van der Waals surface area (Å²) >= 11 is 0. The average Bonchev–Trinajstić information content (AvgIpc) is 3.13. The second-order valence-electron chi connectivity index (χ2n) is 5.98. The first kappa shape index (κ1) is 18.5. The molecule has 1 aromatic carbocycles. The van der Waals surface area contributed by atoms with E-state index < -0.39 is 16.1 Å². The maximum absolute atomic E-state index is 12.2. The van der Waals surface area contributed by atoms with Crippen molar-refractivity contribution < 1.29 is 13.2 Å². The van der Waals surface area contributed by atoms with Crippen LogP contribution in [0, 0.1) is 0 Å². The molecule has 27 heavy (non-hydrogen) atoms. The van der Waals surface area contributed by atoms with Crippen molar-refractivity contribution in [1.29, 1.82) is 0 Å². The molecule has 0 saturated heterocycles.